The number of aliphatic hydroxyl groups excluding tert-OH is 1. The number of rotatable bonds is 5. The first-order valence-corrected chi connectivity index (χ1v) is 8.64. The quantitative estimate of drug-likeness (QED) is 0.725. The number of likely N-dealkylation sites (tertiary alicyclic amines) is 1. The average Bonchev–Trinajstić information content (AvgIpc) is 2.49. The van der Waals surface area contributed by atoms with Gasteiger partial charge in [-0.25, -0.2) is 4.79 Å². The number of urea groups is 1. The third-order valence-corrected chi connectivity index (χ3v) is 4.78. The van der Waals surface area contributed by atoms with Crippen molar-refractivity contribution >= 4 is 6.03 Å². The Morgan fingerprint density at radius 2 is 1.62 bits per heavy atom. The van der Waals surface area contributed by atoms with Crippen LogP contribution >= 0.6 is 0 Å². The molecule has 1 heterocycles. The van der Waals surface area contributed by atoms with E-state index in [0.717, 1.165) is 51.6 Å². The fourth-order valence-corrected chi connectivity index (χ4v) is 3.32. The Kier molecular flexibility index (Phi) is 6.77. The maximum atomic E-state index is 12.0. The van der Waals surface area contributed by atoms with E-state index in [9.17, 15) is 9.90 Å². The Hall–Kier alpha value is -0.810. The summed E-state index contributed by atoms with van der Waals surface area (Å²) in [6, 6.07) is 0.526. The lowest BCUT2D eigenvalue weighted by Gasteiger charge is -2.33. The van der Waals surface area contributed by atoms with Crippen LogP contribution in [0.2, 0.25) is 0 Å². The van der Waals surface area contributed by atoms with Crippen LogP contribution in [0.4, 0.5) is 4.79 Å². The highest BCUT2D eigenvalue weighted by Gasteiger charge is 2.23. The fourth-order valence-electron chi connectivity index (χ4n) is 3.32. The number of carbonyl (C=O) groups excluding carboxylic acids is 1. The van der Waals surface area contributed by atoms with E-state index in [2.05, 4.69) is 22.5 Å². The molecule has 2 rings (SSSR count). The standard InChI is InChI=1S/C16H31N3O2/c1-2-3-10-19-11-8-14(9-12-19)18-16(21)17-13-4-6-15(20)7-5-13/h13-15,20H,2-12H2,1H3,(H2,17,18,21). The number of amides is 2. The van der Waals surface area contributed by atoms with Crippen LogP contribution in [0.25, 0.3) is 0 Å². The summed E-state index contributed by atoms with van der Waals surface area (Å²) in [5.41, 5.74) is 0. The minimum absolute atomic E-state index is 0.0246. The van der Waals surface area contributed by atoms with Gasteiger partial charge >= 0.3 is 6.03 Å². The average molecular weight is 297 g/mol. The molecule has 0 aromatic carbocycles. The van der Waals surface area contributed by atoms with Crippen LogP contribution in [0.5, 0.6) is 0 Å². The number of nitrogens with zero attached hydrogens (tertiary/aromatic N) is 1. The molecule has 0 spiro atoms. The Labute approximate surface area is 128 Å². The van der Waals surface area contributed by atoms with Crippen LogP contribution in [-0.2, 0) is 0 Å². The molecule has 122 valence electrons. The summed E-state index contributed by atoms with van der Waals surface area (Å²) >= 11 is 0. The van der Waals surface area contributed by atoms with Crippen molar-refractivity contribution in [2.24, 2.45) is 0 Å². The summed E-state index contributed by atoms with van der Waals surface area (Å²) in [4.78, 5) is 14.5. The molecule has 3 N–H and O–H groups in total. The number of hydrogen-bond acceptors (Lipinski definition) is 3. The van der Waals surface area contributed by atoms with Crippen LogP contribution < -0.4 is 10.6 Å². The van der Waals surface area contributed by atoms with Gasteiger partial charge in [-0.15, -0.1) is 0 Å². The van der Waals surface area contributed by atoms with E-state index in [0.29, 0.717) is 6.04 Å². The predicted octanol–water partition coefficient (Wildman–Crippen LogP) is 1.85. The van der Waals surface area contributed by atoms with Crippen molar-refractivity contribution in [2.45, 2.75) is 76.5 Å². The number of nitrogens with one attached hydrogen (secondary N) is 2. The van der Waals surface area contributed by atoms with E-state index in [-0.39, 0.29) is 18.2 Å². The topological polar surface area (TPSA) is 64.6 Å². The van der Waals surface area contributed by atoms with Gasteiger partial charge in [0.15, 0.2) is 0 Å². The Morgan fingerprint density at radius 3 is 2.19 bits per heavy atom. The monoisotopic (exact) mass is 297 g/mol. The van der Waals surface area contributed by atoms with Crippen LogP contribution in [0.1, 0.15) is 58.3 Å². The van der Waals surface area contributed by atoms with Crippen molar-refractivity contribution in [3.05, 3.63) is 0 Å². The number of aliphatic hydroxyl groups is 1. The maximum Gasteiger partial charge on any atom is 0.315 e. The van der Waals surface area contributed by atoms with Gasteiger partial charge in [0, 0.05) is 25.2 Å². The predicted molar refractivity (Wildman–Crippen MR) is 84.3 cm³/mol. The number of piperidine rings is 1. The molecular weight excluding hydrogens is 266 g/mol. The molecule has 1 aliphatic heterocycles. The molecule has 5 nitrogen and oxygen atoms in total. The van der Waals surface area contributed by atoms with Gasteiger partial charge in [0.05, 0.1) is 6.10 Å². The molecule has 0 aromatic heterocycles. The molecule has 2 fully saturated rings. The first-order valence-electron chi connectivity index (χ1n) is 8.64. The molecular formula is C16H31N3O2. The van der Waals surface area contributed by atoms with E-state index in [4.69, 9.17) is 0 Å². The highest BCUT2D eigenvalue weighted by atomic mass is 16.3. The minimum atomic E-state index is -0.168. The lowest BCUT2D eigenvalue weighted by atomic mass is 9.93. The van der Waals surface area contributed by atoms with E-state index in [1.807, 2.05) is 0 Å². The molecule has 0 aromatic rings. The maximum absolute atomic E-state index is 12.0. The van der Waals surface area contributed by atoms with Gasteiger partial charge in [-0.05, 0) is 51.5 Å². The van der Waals surface area contributed by atoms with Crippen molar-refractivity contribution in [1.29, 1.82) is 0 Å². The molecule has 0 bridgehead atoms. The highest BCUT2D eigenvalue weighted by molar-refractivity contribution is 5.74. The Morgan fingerprint density at radius 1 is 1.05 bits per heavy atom. The van der Waals surface area contributed by atoms with Gasteiger partial charge in [0.25, 0.3) is 0 Å². The number of carbonyl (C=O) groups is 1. The van der Waals surface area contributed by atoms with Gasteiger partial charge in [0.1, 0.15) is 0 Å². The van der Waals surface area contributed by atoms with Crippen LogP contribution in [0.15, 0.2) is 0 Å². The smallest absolute Gasteiger partial charge is 0.315 e. The van der Waals surface area contributed by atoms with Gasteiger partial charge in [-0.3, -0.25) is 0 Å². The molecule has 0 atom stereocenters. The zero-order valence-corrected chi connectivity index (χ0v) is 13.3. The molecule has 21 heavy (non-hydrogen) atoms. The Balaban J connectivity index is 1.60. The third kappa shape index (κ3) is 5.83. The van der Waals surface area contributed by atoms with Crippen molar-refractivity contribution in [2.75, 3.05) is 19.6 Å². The summed E-state index contributed by atoms with van der Waals surface area (Å²) in [6.07, 6.45) is 7.86. The van der Waals surface area contributed by atoms with E-state index in [1.165, 1.54) is 19.4 Å². The minimum Gasteiger partial charge on any atom is -0.393 e. The second-order valence-corrected chi connectivity index (χ2v) is 6.59. The summed E-state index contributed by atoms with van der Waals surface area (Å²) < 4.78 is 0. The van der Waals surface area contributed by atoms with E-state index in [1.54, 1.807) is 0 Å². The molecule has 2 aliphatic rings. The van der Waals surface area contributed by atoms with E-state index < -0.39 is 0 Å². The first kappa shape index (κ1) is 16.6. The zero-order chi connectivity index (χ0) is 15.1. The highest BCUT2D eigenvalue weighted by Crippen LogP contribution is 2.18. The molecule has 0 unspecified atom stereocenters. The second kappa shape index (κ2) is 8.59. The van der Waals surface area contributed by atoms with Gasteiger partial charge < -0.3 is 20.6 Å². The van der Waals surface area contributed by atoms with Crippen LogP contribution in [-0.4, -0.2) is 53.9 Å². The van der Waals surface area contributed by atoms with Crippen molar-refractivity contribution in [3.8, 4) is 0 Å². The van der Waals surface area contributed by atoms with E-state index >= 15 is 0 Å². The van der Waals surface area contributed by atoms with Gasteiger partial charge in [-0.2, -0.15) is 0 Å². The molecule has 0 radical (unpaired) electrons. The summed E-state index contributed by atoms with van der Waals surface area (Å²) in [6.45, 7) is 5.61. The normalized spacial score (nSPS) is 28.3. The molecule has 2 amide bonds. The second-order valence-electron chi connectivity index (χ2n) is 6.59. The first-order chi connectivity index (χ1) is 10.2. The summed E-state index contributed by atoms with van der Waals surface area (Å²) in [5, 5.41) is 15.6. The molecule has 1 saturated carbocycles. The number of hydrogen-bond donors (Lipinski definition) is 3. The molecule has 5 heteroatoms. The third-order valence-electron chi connectivity index (χ3n) is 4.78. The van der Waals surface area contributed by atoms with Crippen LogP contribution in [0.3, 0.4) is 0 Å². The summed E-state index contributed by atoms with van der Waals surface area (Å²) in [7, 11) is 0. The number of unbranched alkanes of at least 4 members (excludes halogenated alkanes) is 1. The molecule has 1 aliphatic carbocycles. The zero-order valence-electron chi connectivity index (χ0n) is 13.3. The lowest BCUT2D eigenvalue weighted by molar-refractivity contribution is 0.117. The van der Waals surface area contributed by atoms with Crippen molar-refractivity contribution in [3.63, 3.8) is 0 Å². The summed E-state index contributed by atoms with van der Waals surface area (Å²) in [5.74, 6) is 0. The van der Waals surface area contributed by atoms with Gasteiger partial charge in [-0.1, -0.05) is 13.3 Å². The fraction of sp³-hybridized carbons (Fsp3) is 0.938. The van der Waals surface area contributed by atoms with Gasteiger partial charge in [0.2, 0.25) is 0 Å². The lowest BCUT2D eigenvalue weighted by Crippen LogP contribution is -2.50. The largest absolute Gasteiger partial charge is 0.393 e. The van der Waals surface area contributed by atoms with Crippen molar-refractivity contribution in [1.82, 2.24) is 15.5 Å². The Bertz CT molecular complexity index is 309. The molecule has 1 saturated heterocycles. The van der Waals surface area contributed by atoms with Crippen molar-refractivity contribution < 1.29 is 9.90 Å². The SMILES string of the molecule is CCCCN1CCC(NC(=O)NC2CCC(O)CC2)CC1. The van der Waals surface area contributed by atoms with Crippen LogP contribution in [0, 0.1) is 0 Å².